The lowest BCUT2D eigenvalue weighted by Crippen LogP contribution is -2.50. The van der Waals surface area contributed by atoms with Crippen LogP contribution >= 0.6 is 11.3 Å². The first-order valence-corrected chi connectivity index (χ1v) is 10.1. The van der Waals surface area contributed by atoms with E-state index >= 15 is 0 Å². The Hall–Kier alpha value is -1.78. The first-order chi connectivity index (χ1) is 12.2. The Morgan fingerprint density at radius 2 is 1.88 bits per heavy atom. The molecule has 0 unspecified atom stereocenters. The smallest absolute Gasteiger partial charge is 0.0970 e. The number of pyridine rings is 1. The van der Waals surface area contributed by atoms with E-state index in [9.17, 15) is 0 Å². The molecule has 1 saturated heterocycles. The molecular weight excluding hydrogens is 326 g/mol. The Morgan fingerprint density at radius 1 is 1.04 bits per heavy atom. The van der Waals surface area contributed by atoms with Crippen LogP contribution in [0.1, 0.15) is 41.6 Å². The fourth-order valence-electron chi connectivity index (χ4n) is 4.07. The molecule has 128 valence electrons. The van der Waals surface area contributed by atoms with E-state index in [1.165, 1.54) is 53.2 Å². The summed E-state index contributed by atoms with van der Waals surface area (Å²) in [5.41, 5.74) is 5.79. The van der Waals surface area contributed by atoms with Gasteiger partial charge >= 0.3 is 0 Å². The maximum Gasteiger partial charge on any atom is 0.0970 e. The molecule has 25 heavy (non-hydrogen) atoms. The summed E-state index contributed by atoms with van der Waals surface area (Å²) >= 11 is 1.89. The number of rotatable bonds is 3. The van der Waals surface area contributed by atoms with Crippen molar-refractivity contribution in [3.63, 3.8) is 0 Å². The molecule has 1 aliphatic heterocycles. The third-order valence-electron chi connectivity index (χ3n) is 5.81. The highest BCUT2D eigenvalue weighted by Gasteiger charge is 2.37. The molecule has 0 bridgehead atoms. The summed E-state index contributed by atoms with van der Waals surface area (Å²) in [4.78, 5) is 12.2. The van der Waals surface area contributed by atoms with Crippen molar-refractivity contribution in [1.29, 1.82) is 0 Å². The Labute approximate surface area is 152 Å². The highest BCUT2D eigenvalue weighted by molar-refractivity contribution is 7.18. The van der Waals surface area contributed by atoms with Gasteiger partial charge in [0, 0.05) is 28.9 Å². The van der Waals surface area contributed by atoms with E-state index in [0.29, 0.717) is 5.92 Å². The third kappa shape index (κ3) is 2.68. The summed E-state index contributed by atoms with van der Waals surface area (Å²) in [5, 5.41) is 1.34. The van der Waals surface area contributed by atoms with Gasteiger partial charge in [-0.05, 0) is 70.0 Å². The molecule has 1 aromatic carbocycles. The Bertz CT molecular complexity index is 935. The van der Waals surface area contributed by atoms with Crippen LogP contribution in [0.5, 0.6) is 0 Å². The Kier molecular flexibility index (Phi) is 3.64. The van der Waals surface area contributed by atoms with Crippen molar-refractivity contribution in [2.24, 2.45) is 0 Å². The van der Waals surface area contributed by atoms with E-state index in [-0.39, 0.29) is 0 Å². The molecule has 3 nitrogen and oxygen atoms in total. The minimum absolute atomic E-state index is 0.675. The van der Waals surface area contributed by atoms with Crippen molar-refractivity contribution in [2.45, 2.75) is 45.1 Å². The summed E-state index contributed by atoms with van der Waals surface area (Å²) in [7, 11) is 0. The minimum Gasteiger partial charge on any atom is -0.300 e. The zero-order chi connectivity index (χ0) is 17.0. The number of aromatic nitrogens is 2. The fourth-order valence-corrected chi connectivity index (χ4v) is 5.20. The molecule has 4 heteroatoms. The van der Waals surface area contributed by atoms with Gasteiger partial charge in [-0.15, -0.1) is 11.3 Å². The first-order valence-electron chi connectivity index (χ1n) is 9.26. The number of fused-ring (bicyclic) bond motifs is 1. The van der Waals surface area contributed by atoms with Gasteiger partial charge in [0.15, 0.2) is 0 Å². The number of nitrogens with zero attached hydrogens (tertiary/aromatic N) is 3. The van der Waals surface area contributed by atoms with Crippen molar-refractivity contribution in [2.75, 3.05) is 13.1 Å². The minimum atomic E-state index is 0.675. The number of thiazole rings is 1. The molecule has 3 heterocycles. The van der Waals surface area contributed by atoms with E-state index in [0.717, 1.165) is 22.9 Å². The van der Waals surface area contributed by atoms with Crippen LogP contribution < -0.4 is 0 Å². The van der Waals surface area contributed by atoms with Crippen LogP contribution in [0.25, 0.3) is 21.3 Å². The molecule has 2 aliphatic rings. The van der Waals surface area contributed by atoms with Crippen LogP contribution in [0, 0.1) is 13.8 Å². The zero-order valence-electron chi connectivity index (χ0n) is 14.8. The van der Waals surface area contributed by atoms with Gasteiger partial charge in [0.05, 0.1) is 15.2 Å². The van der Waals surface area contributed by atoms with Gasteiger partial charge in [-0.25, -0.2) is 4.98 Å². The molecule has 0 atom stereocenters. The largest absolute Gasteiger partial charge is 0.300 e. The predicted molar refractivity (Wildman–Crippen MR) is 104 cm³/mol. The van der Waals surface area contributed by atoms with Gasteiger partial charge < -0.3 is 4.90 Å². The predicted octanol–water partition coefficient (Wildman–Crippen LogP) is 4.93. The second-order valence-corrected chi connectivity index (χ2v) is 8.59. The van der Waals surface area contributed by atoms with Crippen molar-refractivity contribution in [3.8, 4) is 11.1 Å². The van der Waals surface area contributed by atoms with Gasteiger partial charge in [0.2, 0.25) is 0 Å². The number of hydrogen-bond acceptors (Lipinski definition) is 4. The topological polar surface area (TPSA) is 29.0 Å². The van der Waals surface area contributed by atoms with Crippen LogP contribution in [0.4, 0.5) is 0 Å². The number of likely N-dealkylation sites (tertiary alicyclic amines) is 1. The lowest BCUT2D eigenvalue weighted by Gasteiger charge is -2.46. The van der Waals surface area contributed by atoms with Gasteiger partial charge in [0.25, 0.3) is 0 Å². The standard InChI is InChI=1S/C21H23N3S/c1-13-4-6-18(14(2)22-13)15-5-7-19-20(12-15)25-21(23-19)16-10-17(11-16)24-8-3-9-24/h4-7,12,16-17H,3,8-11H2,1-2H3. The molecular formula is C21H23N3S. The van der Waals surface area contributed by atoms with Crippen LogP contribution in [0.2, 0.25) is 0 Å². The lowest BCUT2D eigenvalue weighted by atomic mass is 9.78. The average Bonchev–Trinajstić information content (AvgIpc) is 2.90. The van der Waals surface area contributed by atoms with E-state index in [4.69, 9.17) is 4.98 Å². The maximum absolute atomic E-state index is 4.93. The average molecular weight is 350 g/mol. The van der Waals surface area contributed by atoms with Gasteiger partial charge in [-0.2, -0.15) is 0 Å². The normalized spacial score (nSPS) is 23.4. The Balaban J connectivity index is 1.41. The molecule has 2 aromatic heterocycles. The van der Waals surface area contributed by atoms with Gasteiger partial charge in [-0.3, -0.25) is 4.98 Å². The van der Waals surface area contributed by atoms with Gasteiger partial charge in [0.1, 0.15) is 0 Å². The van der Waals surface area contributed by atoms with Crippen molar-refractivity contribution in [1.82, 2.24) is 14.9 Å². The number of benzene rings is 1. The van der Waals surface area contributed by atoms with E-state index in [2.05, 4.69) is 47.1 Å². The molecule has 0 spiro atoms. The summed E-state index contributed by atoms with van der Waals surface area (Å²) in [5.74, 6) is 0.675. The highest BCUT2D eigenvalue weighted by atomic mass is 32.1. The lowest BCUT2D eigenvalue weighted by molar-refractivity contribution is 0.0541. The van der Waals surface area contributed by atoms with E-state index in [1.807, 2.05) is 18.3 Å². The molecule has 0 amide bonds. The number of hydrogen-bond donors (Lipinski definition) is 0. The molecule has 0 radical (unpaired) electrons. The SMILES string of the molecule is Cc1ccc(-c2ccc3nc(C4CC(N5CCC5)C4)sc3c2)c(C)n1. The number of aryl methyl sites for hydroxylation is 2. The summed E-state index contributed by atoms with van der Waals surface area (Å²) in [6.45, 7) is 6.76. The van der Waals surface area contributed by atoms with Crippen LogP contribution in [-0.2, 0) is 0 Å². The Morgan fingerprint density at radius 3 is 2.60 bits per heavy atom. The monoisotopic (exact) mass is 349 g/mol. The summed E-state index contributed by atoms with van der Waals surface area (Å²) in [6.07, 6.45) is 3.99. The van der Waals surface area contributed by atoms with Crippen molar-refractivity contribution < 1.29 is 0 Å². The molecule has 5 rings (SSSR count). The zero-order valence-corrected chi connectivity index (χ0v) is 15.6. The van der Waals surface area contributed by atoms with Crippen molar-refractivity contribution >= 4 is 21.6 Å². The molecule has 0 N–H and O–H groups in total. The van der Waals surface area contributed by atoms with E-state index in [1.54, 1.807) is 0 Å². The molecule has 1 aliphatic carbocycles. The highest BCUT2D eigenvalue weighted by Crippen LogP contribution is 2.44. The second-order valence-electron chi connectivity index (χ2n) is 7.53. The quantitative estimate of drug-likeness (QED) is 0.671. The van der Waals surface area contributed by atoms with Crippen LogP contribution in [0.3, 0.4) is 0 Å². The third-order valence-corrected chi connectivity index (χ3v) is 6.99. The molecule has 3 aromatic rings. The summed E-state index contributed by atoms with van der Waals surface area (Å²) in [6, 6.07) is 11.8. The van der Waals surface area contributed by atoms with Crippen LogP contribution in [-0.4, -0.2) is 34.0 Å². The molecule has 1 saturated carbocycles. The second kappa shape index (κ2) is 5.89. The molecule has 2 fully saturated rings. The van der Waals surface area contributed by atoms with Gasteiger partial charge in [-0.1, -0.05) is 12.1 Å². The first kappa shape index (κ1) is 15.5. The summed E-state index contributed by atoms with van der Waals surface area (Å²) < 4.78 is 1.31. The van der Waals surface area contributed by atoms with Crippen LogP contribution in [0.15, 0.2) is 30.3 Å². The maximum atomic E-state index is 4.93. The van der Waals surface area contributed by atoms with Crippen molar-refractivity contribution in [3.05, 3.63) is 46.7 Å². The van der Waals surface area contributed by atoms with E-state index < -0.39 is 0 Å². The fraction of sp³-hybridized carbons (Fsp3) is 0.429.